The van der Waals surface area contributed by atoms with Crippen LogP contribution >= 0.6 is 12.4 Å². The topological polar surface area (TPSA) is 72.2 Å². The van der Waals surface area contributed by atoms with Crippen molar-refractivity contribution in [3.63, 3.8) is 0 Å². The summed E-state index contributed by atoms with van der Waals surface area (Å²) in [6, 6.07) is -0.561. The fraction of sp³-hybridized carbons (Fsp3) is 0.455. The Hall–Kier alpha value is -0.900. The molecular formula is C11H13ClF4N2O2S. The molecule has 4 nitrogen and oxygen atoms in total. The van der Waals surface area contributed by atoms with Gasteiger partial charge in [0.05, 0.1) is 0 Å². The Morgan fingerprint density at radius 2 is 1.67 bits per heavy atom. The third-order valence-corrected chi connectivity index (χ3v) is 4.52. The zero-order chi connectivity index (χ0) is 15.1. The van der Waals surface area contributed by atoms with E-state index in [0.717, 1.165) is 12.8 Å². The summed E-state index contributed by atoms with van der Waals surface area (Å²) in [5.74, 6) is -7.34. The van der Waals surface area contributed by atoms with Crippen LogP contribution in [0, 0.1) is 29.2 Å². The van der Waals surface area contributed by atoms with Crippen molar-refractivity contribution < 1.29 is 26.0 Å². The molecule has 1 aliphatic rings. The van der Waals surface area contributed by atoms with Gasteiger partial charge in [0, 0.05) is 18.7 Å². The van der Waals surface area contributed by atoms with Gasteiger partial charge in [0.1, 0.15) is 0 Å². The van der Waals surface area contributed by atoms with Crippen molar-refractivity contribution in [1.29, 1.82) is 0 Å². The van der Waals surface area contributed by atoms with Crippen LogP contribution < -0.4 is 10.5 Å². The van der Waals surface area contributed by atoms with Gasteiger partial charge in [-0.1, -0.05) is 0 Å². The van der Waals surface area contributed by atoms with Gasteiger partial charge in [-0.3, -0.25) is 0 Å². The van der Waals surface area contributed by atoms with E-state index in [9.17, 15) is 26.0 Å². The highest BCUT2D eigenvalue weighted by Gasteiger charge is 2.32. The SMILES string of the molecule is Cl.NC(CNS(=O)(=O)c1c(F)c(F)cc(F)c1F)C1CC1. The Kier molecular flexibility index (Phi) is 5.59. The summed E-state index contributed by atoms with van der Waals surface area (Å²) in [6.45, 7) is -0.260. The number of benzene rings is 1. The zero-order valence-electron chi connectivity index (χ0n) is 10.6. The van der Waals surface area contributed by atoms with Gasteiger partial charge < -0.3 is 5.73 Å². The standard InChI is InChI=1S/C11H12F4N2O2S.ClH/c12-6-3-7(13)10(15)11(9(6)14)20(18,19)17-4-8(16)5-1-2-5;/h3,5,8,17H,1-2,4,16H2;1H. The molecule has 0 spiro atoms. The van der Waals surface area contributed by atoms with Gasteiger partial charge in [-0.05, 0) is 18.8 Å². The maximum absolute atomic E-state index is 13.4. The minimum absolute atomic E-state index is 0. The number of hydrogen-bond acceptors (Lipinski definition) is 3. The lowest BCUT2D eigenvalue weighted by Crippen LogP contribution is -2.39. The lowest BCUT2D eigenvalue weighted by atomic mass is 10.2. The average molecular weight is 349 g/mol. The molecule has 0 aromatic heterocycles. The van der Waals surface area contributed by atoms with E-state index >= 15 is 0 Å². The van der Waals surface area contributed by atoms with Crippen LogP contribution in [-0.4, -0.2) is 21.0 Å². The van der Waals surface area contributed by atoms with Crippen molar-refractivity contribution in [1.82, 2.24) is 4.72 Å². The van der Waals surface area contributed by atoms with Crippen LogP contribution in [-0.2, 0) is 10.0 Å². The monoisotopic (exact) mass is 348 g/mol. The molecule has 3 N–H and O–H groups in total. The van der Waals surface area contributed by atoms with E-state index in [-0.39, 0.29) is 30.9 Å². The number of hydrogen-bond donors (Lipinski definition) is 2. The lowest BCUT2D eigenvalue weighted by Gasteiger charge is -2.13. The molecule has 21 heavy (non-hydrogen) atoms. The third-order valence-electron chi connectivity index (χ3n) is 3.08. The van der Waals surface area contributed by atoms with Gasteiger partial charge in [-0.15, -0.1) is 12.4 Å². The predicted octanol–water partition coefficient (Wildman–Crippen LogP) is 1.68. The minimum atomic E-state index is -4.73. The van der Waals surface area contributed by atoms with E-state index in [2.05, 4.69) is 0 Å². The lowest BCUT2D eigenvalue weighted by molar-refractivity contribution is 0.417. The summed E-state index contributed by atoms with van der Waals surface area (Å²) < 4.78 is 78.1. The zero-order valence-corrected chi connectivity index (χ0v) is 12.2. The Labute approximate surface area is 125 Å². The van der Waals surface area contributed by atoms with Crippen LogP contribution in [0.3, 0.4) is 0 Å². The molecule has 1 atom stereocenters. The molecule has 0 aliphatic heterocycles. The molecule has 2 rings (SSSR count). The fourth-order valence-electron chi connectivity index (χ4n) is 1.76. The van der Waals surface area contributed by atoms with Crippen LogP contribution in [0.4, 0.5) is 17.6 Å². The second kappa shape index (κ2) is 6.47. The molecule has 1 aliphatic carbocycles. The number of nitrogens with two attached hydrogens (primary N) is 1. The van der Waals surface area contributed by atoms with Gasteiger partial charge in [0.15, 0.2) is 28.2 Å². The maximum Gasteiger partial charge on any atom is 0.246 e. The molecule has 120 valence electrons. The first kappa shape index (κ1) is 18.1. The molecule has 10 heteroatoms. The van der Waals surface area contributed by atoms with Gasteiger partial charge in [-0.25, -0.2) is 30.7 Å². The van der Waals surface area contributed by atoms with Gasteiger partial charge >= 0.3 is 0 Å². The van der Waals surface area contributed by atoms with E-state index < -0.39 is 44.2 Å². The first-order chi connectivity index (χ1) is 9.24. The van der Waals surface area contributed by atoms with Crippen molar-refractivity contribution in [3.05, 3.63) is 29.3 Å². The molecule has 0 bridgehead atoms. The second-order valence-electron chi connectivity index (χ2n) is 4.65. The van der Waals surface area contributed by atoms with Crippen LogP contribution in [0.5, 0.6) is 0 Å². The van der Waals surface area contributed by atoms with Crippen molar-refractivity contribution in [2.24, 2.45) is 11.7 Å². The summed E-state index contributed by atoms with van der Waals surface area (Å²) in [5, 5.41) is 0. The van der Waals surface area contributed by atoms with Crippen molar-refractivity contribution in [3.8, 4) is 0 Å². The number of nitrogens with one attached hydrogen (secondary N) is 1. The van der Waals surface area contributed by atoms with E-state index in [1.165, 1.54) is 0 Å². The molecule has 1 saturated carbocycles. The highest BCUT2D eigenvalue weighted by atomic mass is 35.5. The first-order valence-corrected chi connectivity index (χ1v) is 7.30. The van der Waals surface area contributed by atoms with Crippen molar-refractivity contribution in [2.45, 2.75) is 23.8 Å². The highest BCUT2D eigenvalue weighted by Crippen LogP contribution is 2.31. The minimum Gasteiger partial charge on any atom is -0.326 e. The Morgan fingerprint density at radius 1 is 1.19 bits per heavy atom. The second-order valence-corrected chi connectivity index (χ2v) is 6.35. The van der Waals surface area contributed by atoms with Crippen LogP contribution in [0.15, 0.2) is 11.0 Å². The summed E-state index contributed by atoms with van der Waals surface area (Å²) in [7, 11) is -4.73. The molecular weight excluding hydrogens is 336 g/mol. The number of sulfonamides is 1. The van der Waals surface area contributed by atoms with Gasteiger partial charge in [0.2, 0.25) is 10.0 Å². The summed E-state index contributed by atoms with van der Waals surface area (Å²) in [4.78, 5) is -1.67. The summed E-state index contributed by atoms with van der Waals surface area (Å²) in [6.07, 6.45) is 1.69. The molecule has 0 heterocycles. The third kappa shape index (κ3) is 3.85. The predicted molar refractivity (Wildman–Crippen MR) is 69.4 cm³/mol. The molecule has 0 radical (unpaired) electrons. The molecule has 1 fully saturated rings. The van der Waals surface area contributed by atoms with E-state index in [0.29, 0.717) is 0 Å². The summed E-state index contributed by atoms with van der Waals surface area (Å²) in [5.41, 5.74) is 5.64. The van der Waals surface area contributed by atoms with E-state index in [1.807, 2.05) is 4.72 Å². The molecule has 0 amide bonds. The Morgan fingerprint density at radius 3 is 2.10 bits per heavy atom. The first-order valence-electron chi connectivity index (χ1n) is 5.82. The molecule has 1 aromatic rings. The van der Waals surface area contributed by atoms with E-state index in [1.54, 1.807) is 0 Å². The quantitative estimate of drug-likeness (QED) is 0.628. The Balaban J connectivity index is 0.00000220. The van der Waals surface area contributed by atoms with Crippen LogP contribution in [0.2, 0.25) is 0 Å². The van der Waals surface area contributed by atoms with E-state index in [4.69, 9.17) is 5.73 Å². The fourth-order valence-corrected chi connectivity index (χ4v) is 2.98. The maximum atomic E-state index is 13.4. The number of halogens is 5. The van der Waals surface area contributed by atoms with Gasteiger partial charge in [0.25, 0.3) is 0 Å². The van der Waals surface area contributed by atoms with Crippen LogP contribution in [0.25, 0.3) is 0 Å². The number of rotatable bonds is 5. The normalized spacial score (nSPS) is 16.4. The van der Waals surface area contributed by atoms with Crippen molar-refractivity contribution in [2.75, 3.05) is 6.54 Å². The van der Waals surface area contributed by atoms with Crippen LogP contribution in [0.1, 0.15) is 12.8 Å². The summed E-state index contributed by atoms with van der Waals surface area (Å²) >= 11 is 0. The van der Waals surface area contributed by atoms with Crippen molar-refractivity contribution >= 4 is 22.4 Å². The largest absolute Gasteiger partial charge is 0.326 e. The molecule has 1 unspecified atom stereocenters. The molecule has 1 aromatic carbocycles. The Bertz CT molecular complexity index is 611. The van der Waals surface area contributed by atoms with Gasteiger partial charge in [-0.2, -0.15) is 0 Å². The smallest absolute Gasteiger partial charge is 0.246 e. The average Bonchev–Trinajstić information content (AvgIpc) is 3.18. The highest BCUT2D eigenvalue weighted by molar-refractivity contribution is 7.89. The molecule has 0 saturated heterocycles.